The third-order valence-corrected chi connectivity index (χ3v) is 7.59. The highest BCUT2D eigenvalue weighted by molar-refractivity contribution is 4.94. The Morgan fingerprint density at radius 3 is 1.31 bits per heavy atom. The molecule has 42 heavy (non-hydrogen) atoms. The molecule has 4 N–H and O–H groups in total. The van der Waals surface area contributed by atoms with E-state index in [0.717, 1.165) is 64.7 Å². The summed E-state index contributed by atoms with van der Waals surface area (Å²) in [6.07, 6.45) is 38.7. The lowest BCUT2D eigenvalue weighted by atomic mass is 10.1. The average Bonchev–Trinajstić information content (AvgIpc) is 2.98. The molecule has 0 saturated carbocycles. The van der Waals surface area contributed by atoms with Gasteiger partial charge >= 0.3 is 0 Å². The van der Waals surface area contributed by atoms with Crippen LogP contribution >= 0.6 is 0 Å². The van der Waals surface area contributed by atoms with Crippen molar-refractivity contribution in [2.75, 3.05) is 46.3 Å². The lowest BCUT2D eigenvalue weighted by Crippen LogP contribution is -2.38. The van der Waals surface area contributed by atoms with E-state index in [-0.39, 0.29) is 12.2 Å². The van der Waals surface area contributed by atoms with Crippen LogP contribution in [-0.2, 0) is 0 Å². The monoisotopic (exact) mass is 590 g/mol. The number of allylic oxidation sites excluding steroid dienone is 8. The van der Waals surface area contributed by atoms with Gasteiger partial charge in [0.1, 0.15) is 0 Å². The highest BCUT2D eigenvalue weighted by Crippen LogP contribution is 2.07. The van der Waals surface area contributed by atoms with E-state index in [0.29, 0.717) is 13.1 Å². The molecule has 0 rings (SSSR count). The SMILES string of the molecule is CCCCCCC/C=C\C/C=C\CCC(O)CNCCN(C)CCNCC(O)CC/C=C\C/C=C\CCCCCCC. The molecule has 0 aromatic carbocycles. The number of nitrogens with one attached hydrogen (secondary N) is 2. The standard InChI is InChI=1S/C37H71N3O2/c1-4-6-8-10-12-14-16-18-20-22-24-26-28-36(41)34-38-30-32-40(3)33-31-39-35-37(42)29-27-25-23-21-19-17-15-13-11-9-7-5-2/h16-19,22-25,36-39,41-42H,4-15,20-21,26-35H2,1-3H3/b18-16-,19-17-,24-22-,25-23-. The van der Waals surface area contributed by atoms with Gasteiger partial charge < -0.3 is 25.7 Å². The van der Waals surface area contributed by atoms with Crippen LogP contribution in [0.25, 0.3) is 0 Å². The Morgan fingerprint density at radius 2 is 0.905 bits per heavy atom. The zero-order chi connectivity index (χ0) is 30.8. The Balaban J connectivity index is 3.54. The number of aliphatic hydroxyl groups is 2. The van der Waals surface area contributed by atoms with E-state index < -0.39 is 0 Å². The summed E-state index contributed by atoms with van der Waals surface area (Å²) in [5.74, 6) is 0. The fourth-order valence-corrected chi connectivity index (χ4v) is 4.72. The Morgan fingerprint density at radius 1 is 0.524 bits per heavy atom. The Labute approximate surface area is 262 Å². The van der Waals surface area contributed by atoms with Gasteiger partial charge in [-0.3, -0.25) is 0 Å². The number of nitrogens with zero attached hydrogens (tertiary/aromatic N) is 1. The first-order valence-corrected chi connectivity index (χ1v) is 17.7. The van der Waals surface area contributed by atoms with E-state index in [2.05, 4.69) is 85.0 Å². The Bertz CT molecular complexity index is 593. The molecule has 5 heteroatoms. The molecule has 0 fully saturated rings. The highest BCUT2D eigenvalue weighted by atomic mass is 16.3. The number of unbranched alkanes of at least 4 members (excludes halogenated alkanes) is 10. The number of hydrogen-bond acceptors (Lipinski definition) is 5. The number of rotatable bonds is 32. The van der Waals surface area contributed by atoms with E-state index in [1.54, 1.807) is 0 Å². The predicted molar refractivity (Wildman–Crippen MR) is 186 cm³/mol. The maximum absolute atomic E-state index is 10.2. The molecule has 0 heterocycles. The third-order valence-electron chi connectivity index (χ3n) is 7.59. The number of hydrogen-bond donors (Lipinski definition) is 4. The van der Waals surface area contributed by atoms with Crippen LogP contribution in [0.3, 0.4) is 0 Å². The second-order valence-electron chi connectivity index (χ2n) is 11.9. The molecule has 246 valence electrons. The molecule has 0 aliphatic carbocycles. The van der Waals surface area contributed by atoms with Gasteiger partial charge in [-0.1, -0.05) is 114 Å². The van der Waals surface area contributed by atoms with Gasteiger partial charge in [0.25, 0.3) is 0 Å². The minimum Gasteiger partial charge on any atom is -0.392 e. The summed E-state index contributed by atoms with van der Waals surface area (Å²) < 4.78 is 0. The fraction of sp³-hybridized carbons (Fsp3) is 0.784. The van der Waals surface area contributed by atoms with Crippen molar-refractivity contribution in [1.82, 2.24) is 15.5 Å². The maximum atomic E-state index is 10.2. The van der Waals surface area contributed by atoms with Crippen molar-refractivity contribution in [1.29, 1.82) is 0 Å². The number of aliphatic hydroxyl groups excluding tert-OH is 2. The Hall–Kier alpha value is -1.24. The molecule has 0 amide bonds. The van der Waals surface area contributed by atoms with Gasteiger partial charge in [-0.25, -0.2) is 0 Å². The zero-order valence-electron chi connectivity index (χ0n) is 28.1. The predicted octanol–water partition coefficient (Wildman–Crippen LogP) is 8.11. The first-order chi connectivity index (χ1) is 20.6. The molecule has 0 saturated heterocycles. The largest absolute Gasteiger partial charge is 0.392 e. The Kier molecular flexibility index (Phi) is 33.2. The summed E-state index contributed by atoms with van der Waals surface area (Å²) in [6.45, 7) is 9.44. The molecular formula is C37H71N3O2. The molecule has 0 aliphatic rings. The summed E-state index contributed by atoms with van der Waals surface area (Å²) in [6, 6.07) is 0. The minimum atomic E-state index is -0.293. The van der Waals surface area contributed by atoms with E-state index in [9.17, 15) is 10.2 Å². The van der Waals surface area contributed by atoms with Crippen LogP contribution in [0.1, 0.15) is 129 Å². The molecule has 0 radical (unpaired) electrons. The molecule has 0 aromatic rings. The van der Waals surface area contributed by atoms with E-state index in [1.165, 1.54) is 77.0 Å². The summed E-state index contributed by atoms with van der Waals surface area (Å²) in [7, 11) is 2.12. The van der Waals surface area contributed by atoms with Gasteiger partial charge in [0, 0.05) is 39.3 Å². The lowest BCUT2D eigenvalue weighted by Gasteiger charge is -2.19. The van der Waals surface area contributed by atoms with Crippen molar-refractivity contribution in [3.63, 3.8) is 0 Å². The van der Waals surface area contributed by atoms with Crippen molar-refractivity contribution in [2.45, 2.75) is 142 Å². The molecular weight excluding hydrogens is 518 g/mol. The minimum absolute atomic E-state index is 0.293. The van der Waals surface area contributed by atoms with Crippen LogP contribution in [0.5, 0.6) is 0 Å². The smallest absolute Gasteiger partial charge is 0.0667 e. The molecule has 2 atom stereocenters. The van der Waals surface area contributed by atoms with Crippen molar-refractivity contribution in [3.05, 3.63) is 48.6 Å². The van der Waals surface area contributed by atoms with Crippen molar-refractivity contribution in [3.8, 4) is 0 Å². The van der Waals surface area contributed by atoms with Gasteiger partial charge in [0.15, 0.2) is 0 Å². The van der Waals surface area contributed by atoms with Crippen LogP contribution in [0, 0.1) is 0 Å². The van der Waals surface area contributed by atoms with Crippen molar-refractivity contribution >= 4 is 0 Å². The maximum Gasteiger partial charge on any atom is 0.0667 e. The first kappa shape index (κ1) is 40.8. The summed E-state index contributed by atoms with van der Waals surface area (Å²) in [5.41, 5.74) is 0. The molecule has 2 unspecified atom stereocenters. The molecule has 0 aliphatic heterocycles. The van der Waals surface area contributed by atoms with Gasteiger partial charge in [0.05, 0.1) is 12.2 Å². The third kappa shape index (κ3) is 33.3. The summed E-state index contributed by atoms with van der Waals surface area (Å²) in [5, 5.41) is 27.2. The molecule has 0 bridgehead atoms. The van der Waals surface area contributed by atoms with Gasteiger partial charge in [-0.2, -0.15) is 0 Å². The van der Waals surface area contributed by atoms with Gasteiger partial charge in [0.2, 0.25) is 0 Å². The topological polar surface area (TPSA) is 67.8 Å². The van der Waals surface area contributed by atoms with Crippen molar-refractivity contribution < 1.29 is 10.2 Å². The molecule has 0 spiro atoms. The van der Waals surface area contributed by atoms with Crippen LogP contribution in [0.15, 0.2) is 48.6 Å². The van der Waals surface area contributed by atoms with Crippen molar-refractivity contribution in [2.24, 2.45) is 0 Å². The number of likely N-dealkylation sites (N-methyl/N-ethyl adjacent to an activating group) is 1. The summed E-state index contributed by atoms with van der Waals surface area (Å²) >= 11 is 0. The van der Waals surface area contributed by atoms with E-state index in [4.69, 9.17) is 0 Å². The quantitative estimate of drug-likeness (QED) is 0.0471. The van der Waals surface area contributed by atoms with Crippen LogP contribution in [-0.4, -0.2) is 73.6 Å². The molecule has 0 aromatic heterocycles. The van der Waals surface area contributed by atoms with Crippen LogP contribution in [0.4, 0.5) is 0 Å². The summed E-state index contributed by atoms with van der Waals surface area (Å²) in [4.78, 5) is 2.28. The van der Waals surface area contributed by atoms with E-state index >= 15 is 0 Å². The molecule has 5 nitrogen and oxygen atoms in total. The first-order valence-electron chi connectivity index (χ1n) is 17.7. The van der Waals surface area contributed by atoms with E-state index in [1.807, 2.05) is 0 Å². The highest BCUT2D eigenvalue weighted by Gasteiger charge is 2.04. The second-order valence-corrected chi connectivity index (χ2v) is 11.9. The van der Waals surface area contributed by atoms with Crippen LogP contribution < -0.4 is 10.6 Å². The normalized spacial score (nSPS) is 14.0. The average molecular weight is 590 g/mol. The van der Waals surface area contributed by atoms with Gasteiger partial charge in [-0.15, -0.1) is 0 Å². The second kappa shape index (κ2) is 34.3. The van der Waals surface area contributed by atoms with Gasteiger partial charge in [-0.05, 0) is 71.3 Å². The zero-order valence-corrected chi connectivity index (χ0v) is 28.1. The van der Waals surface area contributed by atoms with Crippen LogP contribution in [0.2, 0.25) is 0 Å². The fourth-order valence-electron chi connectivity index (χ4n) is 4.72. The lowest BCUT2D eigenvalue weighted by molar-refractivity contribution is 0.159.